The molecule has 0 bridgehead atoms. The fourth-order valence-corrected chi connectivity index (χ4v) is 1.93. The van der Waals surface area contributed by atoms with Gasteiger partial charge >= 0.3 is 5.97 Å². The summed E-state index contributed by atoms with van der Waals surface area (Å²) in [5.74, 6) is -1.49. The second-order valence-electron chi connectivity index (χ2n) is 4.59. The molecule has 130 valence electrons. The molecule has 0 aromatic heterocycles. The number of aliphatic hydroxyl groups is 2. The highest BCUT2D eigenvalue weighted by molar-refractivity contribution is 5.91. The lowest BCUT2D eigenvalue weighted by atomic mass is 9.92. The average molecular weight is 328 g/mol. The largest absolute Gasteiger partial charge is 0.465 e. The molecule has 0 saturated carbocycles. The molecule has 7 nitrogen and oxygen atoms in total. The zero-order valence-corrected chi connectivity index (χ0v) is 13.8. The smallest absolute Gasteiger partial charge is 0.338 e. The lowest BCUT2D eigenvalue weighted by molar-refractivity contribution is -0.157. The van der Waals surface area contributed by atoms with Crippen LogP contribution in [0.1, 0.15) is 34.3 Å². The van der Waals surface area contributed by atoms with Crippen LogP contribution in [0.4, 0.5) is 0 Å². The minimum Gasteiger partial charge on any atom is -0.465 e. The number of benzene rings is 1. The van der Waals surface area contributed by atoms with Crippen LogP contribution in [-0.4, -0.2) is 56.9 Å². The fourth-order valence-electron chi connectivity index (χ4n) is 1.93. The van der Waals surface area contributed by atoms with Gasteiger partial charge in [0.15, 0.2) is 0 Å². The van der Waals surface area contributed by atoms with Gasteiger partial charge in [0.25, 0.3) is 6.47 Å². The third kappa shape index (κ3) is 6.35. The molecule has 2 unspecified atom stereocenters. The molecule has 0 spiro atoms. The van der Waals surface area contributed by atoms with Crippen LogP contribution in [0.5, 0.6) is 0 Å². The van der Waals surface area contributed by atoms with Gasteiger partial charge in [0, 0.05) is 14.2 Å². The van der Waals surface area contributed by atoms with E-state index in [0.717, 1.165) is 12.0 Å². The van der Waals surface area contributed by atoms with E-state index in [9.17, 15) is 19.8 Å². The number of aliphatic hydroxyl groups excluding tert-OH is 2. The number of aryl methyl sites for hydroxylation is 1. The number of carbonyl (C=O) groups excluding carboxylic acids is 2. The van der Waals surface area contributed by atoms with Gasteiger partial charge in [-0.1, -0.05) is 19.1 Å². The minimum absolute atomic E-state index is 0.0888. The quantitative estimate of drug-likeness (QED) is 0.435. The van der Waals surface area contributed by atoms with Crippen molar-refractivity contribution in [1.29, 1.82) is 0 Å². The number of methoxy groups -OCH3 is 2. The monoisotopic (exact) mass is 328 g/mol. The summed E-state index contributed by atoms with van der Waals surface area (Å²) < 4.78 is 13.4. The highest BCUT2D eigenvalue weighted by atomic mass is 16.6. The zero-order valence-electron chi connectivity index (χ0n) is 13.8. The van der Waals surface area contributed by atoms with Crippen molar-refractivity contribution in [3.8, 4) is 0 Å². The van der Waals surface area contributed by atoms with Gasteiger partial charge in [-0.2, -0.15) is 0 Å². The summed E-state index contributed by atoms with van der Waals surface area (Å²) in [6.45, 7) is 1.54. The standard InChI is InChI=1S/C14H18O6.C2H6O/c1-3-9-4-5-10(11(6-9)13(17)19-2)12(7-15)14(18)20-8-16;1-3-2/h4-6,8,12,14-15,18H,3,7H2,1-2H3;1-2H3. The van der Waals surface area contributed by atoms with Crippen molar-refractivity contribution in [1.82, 2.24) is 0 Å². The van der Waals surface area contributed by atoms with Crippen LogP contribution in [0.2, 0.25) is 0 Å². The Morgan fingerprint density at radius 1 is 1.30 bits per heavy atom. The van der Waals surface area contributed by atoms with Crippen LogP contribution in [0.15, 0.2) is 18.2 Å². The summed E-state index contributed by atoms with van der Waals surface area (Å²) in [6, 6.07) is 5.03. The first kappa shape index (κ1) is 21.0. The summed E-state index contributed by atoms with van der Waals surface area (Å²) >= 11 is 0. The molecule has 0 radical (unpaired) electrons. The molecule has 0 amide bonds. The molecule has 2 N–H and O–H groups in total. The third-order valence-electron chi connectivity index (χ3n) is 3.07. The van der Waals surface area contributed by atoms with Gasteiger partial charge in [0.2, 0.25) is 6.29 Å². The van der Waals surface area contributed by atoms with Crippen LogP contribution < -0.4 is 0 Å². The van der Waals surface area contributed by atoms with Crippen molar-refractivity contribution < 1.29 is 34.0 Å². The molecule has 0 aliphatic rings. The molecule has 0 aliphatic carbocycles. The van der Waals surface area contributed by atoms with E-state index in [-0.39, 0.29) is 12.0 Å². The Labute approximate surface area is 135 Å². The number of rotatable bonds is 7. The molecule has 1 rings (SSSR count). The SMILES string of the molecule is CCc1ccc(C(CO)C(O)OC=O)c(C(=O)OC)c1.COC. The first-order valence-corrected chi connectivity index (χ1v) is 6.99. The molecule has 2 atom stereocenters. The highest BCUT2D eigenvalue weighted by Crippen LogP contribution is 2.26. The van der Waals surface area contributed by atoms with E-state index in [1.54, 1.807) is 32.4 Å². The van der Waals surface area contributed by atoms with Gasteiger partial charge < -0.3 is 24.4 Å². The average Bonchev–Trinajstić information content (AvgIpc) is 2.56. The Balaban J connectivity index is 0.00000149. The third-order valence-corrected chi connectivity index (χ3v) is 3.07. The lowest BCUT2D eigenvalue weighted by Gasteiger charge is -2.22. The Morgan fingerprint density at radius 3 is 2.35 bits per heavy atom. The van der Waals surface area contributed by atoms with E-state index in [1.165, 1.54) is 7.11 Å². The number of hydrogen-bond donors (Lipinski definition) is 2. The Hall–Kier alpha value is -1.96. The minimum atomic E-state index is -1.53. The molecule has 23 heavy (non-hydrogen) atoms. The van der Waals surface area contributed by atoms with Gasteiger partial charge in [0.1, 0.15) is 0 Å². The maximum atomic E-state index is 11.8. The Kier molecular flexibility index (Phi) is 10.6. The molecular weight excluding hydrogens is 304 g/mol. The normalized spacial score (nSPS) is 12.4. The molecule has 1 aromatic carbocycles. The zero-order chi connectivity index (χ0) is 17.8. The fraction of sp³-hybridized carbons (Fsp3) is 0.500. The number of esters is 1. The van der Waals surface area contributed by atoms with E-state index >= 15 is 0 Å². The van der Waals surface area contributed by atoms with Gasteiger partial charge in [-0.15, -0.1) is 0 Å². The molecule has 0 saturated heterocycles. The number of hydrogen-bond acceptors (Lipinski definition) is 7. The van der Waals surface area contributed by atoms with E-state index in [4.69, 9.17) is 4.74 Å². The summed E-state index contributed by atoms with van der Waals surface area (Å²) in [4.78, 5) is 22.1. The van der Waals surface area contributed by atoms with Gasteiger partial charge in [-0.05, 0) is 23.6 Å². The first-order valence-electron chi connectivity index (χ1n) is 6.99. The number of carbonyl (C=O) groups is 2. The molecule has 0 fully saturated rings. The van der Waals surface area contributed by atoms with Gasteiger partial charge in [-0.25, -0.2) is 4.79 Å². The van der Waals surface area contributed by atoms with Crippen molar-refractivity contribution >= 4 is 12.4 Å². The summed E-state index contributed by atoms with van der Waals surface area (Å²) in [5.41, 5.74) is 1.52. The van der Waals surface area contributed by atoms with Crippen molar-refractivity contribution in [3.63, 3.8) is 0 Å². The van der Waals surface area contributed by atoms with Crippen molar-refractivity contribution in [2.45, 2.75) is 25.6 Å². The Morgan fingerprint density at radius 2 is 1.91 bits per heavy atom. The van der Waals surface area contributed by atoms with Gasteiger partial charge in [0.05, 0.1) is 25.2 Å². The summed E-state index contributed by atoms with van der Waals surface area (Å²) in [5, 5.41) is 19.1. The highest BCUT2D eigenvalue weighted by Gasteiger charge is 2.27. The second-order valence-corrected chi connectivity index (χ2v) is 4.59. The van der Waals surface area contributed by atoms with Crippen LogP contribution in [-0.2, 0) is 25.4 Å². The molecule has 0 heterocycles. The predicted molar refractivity (Wildman–Crippen MR) is 83.1 cm³/mol. The lowest BCUT2D eigenvalue weighted by Crippen LogP contribution is -2.26. The van der Waals surface area contributed by atoms with E-state index in [0.29, 0.717) is 5.56 Å². The van der Waals surface area contributed by atoms with Crippen LogP contribution in [0.25, 0.3) is 0 Å². The summed E-state index contributed by atoms with van der Waals surface area (Å²) in [7, 11) is 4.50. The maximum Gasteiger partial charge on any atom is 0.338 e. The van der Waals surface area contributed by atoms with E-state index < -0.39 is 24.8 Å². The Bertz CT molecular complexity index is 487. The van der Waals surface area contributed by atoms with Crippen molar-refractivity contribution in [2.75, 3.05) is 27.9 Å². The predicted octanol–water partition coefficient (Wildman–Crippen LogP) is 0.865. The molecule has 7 heteroatoms. The first-order chi connectivity index (χ1) is 11.0. The second kappa shape index (κ2) is 11.6. The van der Waals surface area contributed by atoms with Crippen molar-refractivity contribution in [2.24, 2.45) is 0 Å². The number of ether oxygens (including phenoxy) is 3. The van der Waals surface area contributed by atoms with E-state index in [2.05, 4.69) is 9.47 Å². The van der Waals surface area contributed by atoms with Crippen LogP contribution >= 0.6 is 0 Å². The van der Waals surface area contributed by atoms with E-state index in [1.807, 2.05) is 6.92 Å². The molecule has 1 aromatic rings. The van der Waals surface area contributed by atoms with Crippen molar-refractivity contribution in [3.05, 3.63) is 34.9 Å². The summed E-state index contributed by atoms with van der Waals surface area (Å²) in [6.07, 6.45) is -0.810. The van der Waals surface area contributed by atoms with Crippen LogP contribution in [0.3, 0.4) is 0 Å². The topological polar surface area (TPSA) is 102 Å². The van der Waals surface area contributed by atoms with Crippen LogP contribution in [0, 0.1) is 0 Å². The van der Waals surface area contributed by atoms with Gasteiger partial charge in [-0.3, -0.25) is 4.79 Å². The molecular formula is C16H24O7. The molecule has 0 aliphatic heterocycles. The maximum absolute atomic E-state index is 11.8.